The molecular formula is C25H33N5O3. The monoisotopic (exact) mass is 451 g/mol. The van der Waals surface area contributed by atoms with Gasteiger partial charge in [-0.15, -0.1) is 0 Å². The van der Waals surface area contributed by atoms with E-state index in [0.29, 0.717) is 18.3 Å². The lowest BCUT2D eigenvalue weighted by Gasteiger charge is -2.21. The largest absolute Gasteiger partial charge is 0.394 e. The summed E-state index contributed by atoms with van der Waals surface area (Å²) in [6.07, 6.45) is 3.90. The number of fused-ring (bicyclic) bond motifs is 1. The molecule has 0 saturated heterocycles. The molecular weight excluding hydrogens is 418 g/mol. The average molecular weight is 452 g/mol. The van der Waals surface area contributed by atoms with E-state index in [-0.39, 0.29) is 6.61 Å². The van der Waals surface area contributed by atoms with Gasteiger partial charge in [-0.3, -0.25) is 0 Å². The van der Waals surface area contributed by atoms with Crippen LogP contribution >= 0.6 is 0 Å². The number of rotatable bonds is 8. The Morgan fingerprint density at radius 3 is 2.79 bits per heavy atom. The Bertz CT molecular complexity index is 1100. The Labute approximate surface area is 194 Å². The smallest absolute Gasteiger partial charge is 0.259 e. The lowest BCUT2D eigenvalue weighted by molar-refractivity contribution is 0.0604. The highest BCUT2D eigenvalue weighted by molar-refractivity contribution is 5.66. The van der Waals surface area contributed by atoms with Gasteiger partial charge in [0.1, 0.15) is 5.82 Å². The number of aliphatic hydroxyl groups is 2. The van der Waals surface area contributed by atoms with E-state index in [9.17, 15) is 5.11 Å². The molecule has 0 fully saturated rings. The van der Waals surface area contributed by atoms with Gasteiger partial charge >= 0.3 is 0 Å². The lowest BCUT2D eigenvalue weighted by Crippen LogP contribution is -2.36. The van der Waals surface area contributed by atoms with Gasteiger partial charge in [0.15, 0.2) is 0 Å². The van der Waals surface area contributed by atoms with Crippen molar-refractivity contribution in [2.45, 2.75) is 46.1 Å². The van der Waals surface area contributed by atoms with Gasteiger partial charge in [-0.05, 0) is 61.4 Å². The van der Waals surface area contributed by atoms with Crippen molar-refractivity contribution < 1.29 is 14.7 Å². The van der Waals surface area contributed by atoms with Crippen LogP contribution in [0.15, 0.2) is 28.9 Å². The highest BCUT2D eigenvalue weighted by Crippen LogP contribution is 2.30. The highest BCUT2D eigenvalue weighted by Gasteiger charge is 2.21. The van der Waals surface area contributed by atoms with Crippen molar-refractivity contribution in [3.63, 3.8) is 0 Å². The highest BCUT2D eigenvalue weighted by atomic mass is 16.5. The summed E-state index contributed by atoms with van der Waals surface area (Å²) in [6.45, 7) is 9.13. The van der Waals surface area contributed by atoms with Crippen molar-refractivity contribution in [3.8, 4) is 22.8 Å². The molecule has 3 N–H and O–H groups in total. The maximum absolute atomic E-state index is 9.81. The zero-order valence-corrected chi connectivity index (χ0v) is 19.6. The van der Waals surface area contributed by atoms with Crippen LogP contribution in [0.2, 0.25) is 0 Å². The molecule has 0 spiro atoms. The molecule has 1 atom stereocenters. The van der Waals surface area contributed by atoms with Crippen LogP contribution in [0, 0.1) is 13.8 Å². The molecule has 0 saturated carbocycles. The molecule has 1 aromatic carbocycles. The molecule has 33 heavy (non-hydrogen) atoms. The van der Waals surface area contributed by atoms with E-state index in [1.165, 1.54) is 11.1 Å². The van der Waals surface area contributed by atoms with Crippen LogP contribution < -0.4 is 5.32 Å². The topological polar surface area (TPSA) is 108 Å². The molecule has 8 heteroatoms. The van der Waals surface area contributed by atoms with Gasteiger partial charge in [-0.25, -0.2) is 4.98 Å². The van der Waals surface area contributed by atoms with Gasteiger partial charge in [-0.2, -0.15) is 4.98 Å². The average Bonchev–Trinajstić information content (AvgIpc) is 3.21. The zero-order chi connectivity index (χ0) is 23.4. The number of hydrogen-bond donors (Lipinski definition) is 3. The summed E-state index contributed by atoms with van der Waals surface area (Å²) in [5, 5.41) is 26.5. The second kappa shape index (κ2) is 10.4. The van der Waals surface area contributed by atoms with E-state index in [0.717, 1.165) is 67.0 Å². The van der Waals surface area contributed by atoms with Crippen molar-refractivity contribution in [2.24, 2.45) is 0 Å². The van der Waals surface area contributed by atoms with Gasteiger partial charge in [0, 0.05) is 37.9 Å². The van der Waals surface area contributed by atoms with E-state index in [4.69, 9.17) is 9.63 Å². The molecule has 176 valence electrons. The number of hydrogen-bond acceptors (Lipinski definition) is 8. The fraction of sp³-hybridized carbons (Fsp3) is 0.480. The van der Waals surface area contributed by atoms with Crippen molar-refractivity contribution in [1.29, 1.82) is 0 Å². The van der Waals surface area contributed by atoms with Gasteiger partial charge in [-0.1, -0.05) is 24.2 Å². The predicted octanol–water partition coefficient (Wildman–Crippen LogP) is 2.99. The maximum atomic E-state index is 9.81. The SMILES string of the molecule is CCCNc1ncc(-c2nc(-c3ccc4c(c3C)CCN(CC(O)CO)CC4)no2)cc1C. The van der Waals surface area contributed by atoms with E-state index in [1.54, 1.807) is 6.20 Å². The number of aromatic nitrogens is 3. The molecule has 3 aromatic rings. The summed E-state index contributed by atoms with van der Waals surface area (Å²) in [7, 11) is 0. The van der Waals surface area contributed by atoms with Crippen LogP contribution in [0.3, 0.4) is 0 Å². The van der Waals surface area contributed by atoms with Gasteiger partial charge < -0.3 is 25.0 Å². The second-order valence-corrected chi connectivity index (χ2v) is 8.75. The molecule has 4 rings (SSSR count). The summed E-state index contributed by atoms with van der Waals surface area (Å²) in [5.74, 6) is 1.91. The quantitative estimate of drug-likeness (QED) is 0.480. The molecule has 8 nitrogen and oxygen atoms in total. The van der Waals surface area contributed by atoms with Crippen molar-refractivity contribution in [2.75, 3.05) is 38.1 Å². The number of nitrogens with one attached hydrogen (secondary N) is 1. The predicted molar refractivity (Wildman–Crippen MR) is 128 cm³/mol. The number of aryl methyl sites for hydroxylation is 1. The summed E-state index contributed by atoms with van der Waals surface area (Å²) >= 11 is 0. The number of pyridine rings is 1. The molecule has 3 heterocycles. The molecule has 2 aromatic heterocycles. The van der Waals surface area contributed by atoms with Crippen LogP contribution in [-0.4, -0.2) is 69.1 Å². The molecule has 0 aliphatic carbocycles. The van der Waals surface area contributed by atoms with Crippen LogP contribution in [0.5, 0.6) is 0 Å². The summed E-state index contributed by atoms with van der Waals surface area (Å²) in [6, 6.07) is 6.24. The molecule has 1 aliphatic heterocycles. The first-order valence-electron chi connectivity index (χ1n) is 11.7. The number of nitrogens with zero attached hydrogens (tertiary/aromatic N) is 4. The molecule has 1 aliphatic rings. The van der Waals surface area contributed by atoms with E-state index < -0.39 is 6.10 Å². The van der Waals surface area contributed by atoms with Crippen molar-refractivity contribution >= 4 is 5.82 Å². The first-order valence-corrected chi connectivity index (χ1v) is 11.7. The standard InChI is InChI=1S/C25H33N5O3/c1-4-9-26-23-16(2)12-19(13-27-23)25-28-24(29-33-25)22-6-5-18-7-10-30(14-20(32)15-31)11-8-21(18)17(22)3/h5-6,12-13,20,31-32H,4,7-11,14-15H2,1-3H3,(H,26,27). The third-order valence-corrected chi connectivity index (χ3v) is 6.29. The summed E-state index contributed by atoms with van der Waals surface area (Å²) < 4.78 is 5.60. The Morgan fingerprint density at radius 1 is 1.21 bits per heavy atom. The van der Waals surface area contributed by atoms with Gasteiger partial charge in [0.25, 0.3) is 5.89 Å². The Morgan fingerprint density at radius 2 is 2.03 bits per heavy atom. The minimum absolute atomic E-state index is 0.209. The van der Waals surface area contributed by atoms with Crippen LogP contribution in [0.4, 0.5) is 5.82 Å². The maximum Gasteiger partial charge on any atom is 0.259 e. The summed E-state index contributed by atoms with van der Waals surface area (Å²) in [4.78, 5) is 11.4. The Kier molecular flexibility index (Phi) is 7.37. The molecule has 0 amide bonds. The third-order valence-electron chi connectivity index (χ3n) is 6.29. The minimum atomic E-state index is -0.699. The minimum Gasteiger partial charge on any atom is -0.394 e. The molecule has 1 unspecified atom stereocenters. The normalized spacial score (nSPS) is 15.2. The van der Waals surface area contributed by atoms with Crippen LogP contribution in [0.25, 0.3) is 22.8 Å². The summed E-state index contributed by atoms with van der Waals surface area (Å²) in [5.41, 5.74) is 6.60. The zero-order valence-electron chi connectivity index (χ0n) is 19.6. The number of benzene rings is 1. The Balaban J connectivity index is 1.54. The van der Waals surface area contributed by atoms with E-state index >= 15 is 0 Å². The number of anilines is 1. The molecule has 0 bridgehead atoms. The van der Waals surface area contributed by atoms with Crippen molar-refractivity contribution in [1.82, 2.24) is 20.0 Å². The first-order chi connectivity index (χ1) is 16.0. The fourth-order valence-electron chi connectivity index (χ4n) is 4.41. The molecule has 0 radical (unpaired) electrons. The van der Waals surface area contributed by atoms with Crippen LogP contribution in [-0.2, 0) is 12.8 Å². The second-order valence-electron chi connectivity index (χ2n) is 8.75. The van der Waals surface area contributed by atoms with E-state index in [2.05, 4.69) is 51.3 Å². The lowest BCUT2D eigenvalue weighted by atomic mass is 9.93. The Hall–Kier alpha value is -2.81. The third kappa shape index (κ3) is 5.24. The van der Waals surface area contributed by atoms with E-state index in [1.807, 2.05) is 13.0 Å². The first kappa shape index (κ1) is 23.4. The van der Waals surface area contributed by atoms with Gasteiger partial charge in [0.05, 0.1) is 18.3 Å². The van der Waals surface area contributed by atoms with Gasteiger partial charge in [0.2, 0.25) is 5.82 Å². The van der Waals surface area contributed by atoms with Crippen molar-refractivity contribution in [3.05, 3.63) is 46.6 Å². The van der Waals surface area contributed by atoms with Crippen LogP contribution in [0.1, 0.15) is 35.6 Å². The number of aliphatic hydroxyl groups excluding tert-OH is 2. The fourth-order valence-corrected chi connectivity index (χ4v) is 4.41. The number of β-amino-alcohol motifs (C(OH)–C–C–N with tert-alkyl or cyclic N) is 1.